The van der Waals surface area contributed by atoms with Crippen molar-refractivity contribution in [3.8, 4) is 28.0 Å². The summed E-state index contributed by atoms with van der Waals surface area (Å²) < 4.78 is 1.78. The monoisotopic (exact) mass is 715 g/mol. The number of carbonyl (C=O) groups excluding carboxylic acids is 3. The number of nitrogens with one attached hydrogen (secondary N) is 2. The highest BCUT2D eigenvalue weighted by atomic mass is 32.1. The van der Waals surface area contributed by atoms with E-state index in [0.29, 0.717) is 44.6 Å². The van der Waals surface area contributed by atoms with Gasteiger partial charge >= 0.3 is 0 Å². The molecule has 264 valence electrons. The highest BCUT2D eigenvalue weighted by Crippen LogP contribution is 2.41. The van der Waals surface area contributed by atoms with E-state index in [-0.39, 0.29) is 35.5 Å². The third-order valence-electron chi connectivity index (χ3n) is 10.5. The third kappa shape index (κ3) is 6.45. The molecule has 1 atom stereocenters. The second kappa shape index (κ2) is 14.1. The van der Waals surface area contributed by atoms with Gasteiger partial charge in [0.1, 0.15) is 16.9 Å². The fraction of sp³-hybridized carbons (Fsp3) is 0.378. The van der Waals surface area contributed by atoms with Gasteiger partial charge in [-0.05, 0) is 68.0 Å². The van der Waals surface area contributed by atoms with Gasteiger partial charge in [0.15, 0.2) is 5.01 Å². The molecule has 2 saturated heterocycles. The van der Waals surface area contributed by atoms with Crippen LogP contribution in [0.3, 0.4) is 0 Å². The number of nitriles is 1. The Morgan fingerprint density at radius 3 is 2.52 bits per heavy atom. The first-order valence-electron chi connectivity index (χ1n) is 17.6. The number of fused-ring (bicyclic) bond motifs is 1. The molecule has 5 aromatic rings. The largest absolute Gasteiger partial charge is 0.387 e. The van der Waals surface area contributed by atoms with Crippen molar-refractivity contribution in [1.82, 2.24) is 40.0 Å². The highest BCUT2D eigenvalue weighted by molar-refractivity contribution is 7.14. The Bertz CT molecular complexity index is 2190. The minimum atomic E-state index is -0.351. The smallest absolute Gasteiger partial charge is 0.234 e. The van der Waals surface area contributed by atoms with Crippen LogP contribution in [0.5, 0.6) is 0 Å². The van der Waals surface area contributed by atoms with E-state index in [4.69, 9.17) is 4.98 Å². The SMILES string of the molecule is CNc1cc(-c2ccc3cc(C#N)cnn23)ncc1-c1nnc(C2CCC(C(=O)N3CCN(c4ccc([C@@H]5CCC(=O)NC5=O)cn4)CC3)CC2)s1. The van der Waals surface area contributed by atoms with E-state index in [0.717, 1.165) is 75.2 Å². The lowest BCUT2D eigenvalue weighted by Gasteiger charge is -2.38. The molecule has 52 heavy (non-hydrogen) atoms. The fourth-order valence-corrected chi connectivity index (χ4v) is 8.58. The summed E-state index contributed by atoms with van der Waals surface area (Å²) in [6, 6.07) is 13.6. The Morgan fingerprint density at radius 2 is 1.79 bits per heavy atom. The van der Waals surface area contributed by atoms with E-state index in [9.17, 15) is 19.6 Å². The predicted molar refractivity (Wildman–Crippen MR) is 194 cm³/mol. The molecule has 0 spiro atoms. The number of anilines is 2. The second-order valence-corrected chi connectivity index (χ2v) is 14.5. The van der Waals surface area contributed by atoms with Crippen LogP contribution in [-0.4, -0.2) is 85.6 Å². The van der Waals surface area contributed by atoms with Gasteiger partial charge in [-0.1, -0.05) is 17.4 Å². The maximum atomic E-state index is 13.6. The van der Waals surface area contributed by atoms with E-state index >= 15 is 0 Å². The molecule has 0 radical (unpaired) electrons. The lowest BCUT2D eigenvalue weighted by Crippen LogP contribution is -2.51. The molecule has 8 rings (SSSR count). The number of pyridine rings is 2. The van der Waals surface area contributed by atoms with Crippen molar-refractivity contribution < 1.29 is 14.4 Å². The molecule has 1 aliphatic carbocycles. The molecule has 0 bridgehead atoms. The van der Waals surface area contributed by atoms with Gasteiger partial charge in [0.25, 0.3) is 0 Å². The van der Waals surface area contributed by atoms with Gasteiger partial charge < -0.3 is 15.1 Å². The zero-order valence-corrected chi connectivity index (χ0v) is 29.5. The summed E-state index contributed by atoms with van der Waals surface area (Å²) in [4.78, 5) is 50.8. The Kier molecular flexibility index (Phi) is 9.06. The Labute approximate surface area is 303 Å². The Balaban J connectivity index is 0.852. The summed E-state index contributed by atoms with van der Waals surface area (Å²) in [7, 11) is 1.87. The van der Waals surface area contributed by atoms with E-state index in [1.165, 1.54) is 0 Å². The molecule has 3 amide bonds. The quantitative estimate of drug-likeness (QED) is 0.229. The van der Waals surface area contributed by atoms with E-state index < -0.39 is 0 Å². The zero-order valence-electron chi connectivity index (χ0n) is 28.7. The van der Waals surface area contributed by atoms with Crippen LogP contribution in [0.25, 0.3) is 27.5 Å². The summed E-state index contributed by atoms with van der Waals surface area (Å²) in [6.45, 7) is 2.70. The summed E-state index contributed by atoms with van der Waals surface area (Å²) in [5, 5.41) is 30.3. The molecule has 1 saturated carbocycles. The van der Waals surface area contributed by atoms with Crippen LogP contribution in [0.15, 0.2) is 55.0 Å². The number of hydrogen-bond acceptors (Lipinski definition) is 12. The molecular formula is C37H37N11O3S. The van der Waals surface area contributed by atoms with Crippen molar-refractivity contribution in [3.05, 3.63) is 71.1 Å². The van der Waals surface area contributed by atoms with E-state index in [2.05, 4.69) is 41.9 Å². The lowest BCUT2D eigenvalue weighted by atomic mass is 9.81. The van der Waals surface area contributed by atoms with Gasteiger partial charge in [0.2, 0.25) is 17.7 Å². The molecule has 2 aliphatic heterocycles. The molecular weight excluding hydrogens is 679 g/mol. The predicted octanol–water partition coefficient (Wildman–Crippen LogP) is 4.37. The minimum absolute atomic E-state index is 0.0138. The van der Waals surface area contributed by atoms with Gasteiger partial charge in [0, 0.05) is 69.6 Å². The van der Waals surface area contributed by atoms with Gasteiger partial charge in [0.05, 0.1) is 40.1 Å². The number of carbonyl (C=O) groups is 3. The number of aromatic nitrogens is 6. The number of piperidine rings is 1. The maximum absolute atomic E-state index is 13.6. The van der Waals surface area contributed by atoms with Gasteiger partial charge in [-0.2, -0.15) is 10.4 Å². The molecule has 0 aromatic carbocycles. The molecule has 0 unspecified atom stereocenters. The number of rotatable bonds is 7. The van der Waals surface area contributed by atoms with Crippen molar-refractivity contribution in [2.75, 3.05) is 43.4 Å². The lowest BCUT2D eigenvalue weighted by molar-refractivity contribution is -0.137. The zero-order chi connectivity index (χ0) is 35.8. The normalized spacial score (nSPS) is 20.8. The Hall–Kier alpha value is -5.75. The summed E-state index contributed by atoms with van der Waals surface area (Å²) in [6.07, 6.45) is 9.38. The van der Waals surface area contributed by atoms with Crippen LogP contribution in [0.2, 0.25) is 0 Å². The van der Waals surface area contributed by atoms with Crippen LogP contribution in [0.1, 0.15) is 66.5 Å². The molecule has 3 fully saturated rings. The van der Waals surface area contributed by atoms with Crippen molar-refractivity contribution in [1.29, 1.82) is 5.26 Å². The molecule has 2 N–H and O–H groups in total. The standard InChI is InChI=1S/C37H37N11O3S/c1-39-29-17-30(31-9-7-26-16-22(18-38)19-42-48(26)31)40-21-28(29)36-45-44-35(52-36)23-2-4-24(5-3-23)37(51)47-14-12-46(13-15-47)32-10-6-25(20-41-32)27-8-11-33(49)43-34(27)50/h6-7,9-10,16-17,19-21,23-24,27H,2-5,8,11-15H2,1H3,(H,39,40)(H,43,49,50)/t23?,24?,27-/m0/s1. The molecule has 14 nitrogen and oxygen atoms in total. The summed E-state index contributed by atoms with van der Waals surface area (Å²) in [5.74, 6) is 0.508. The third-order valence-corrected chi connectivity index (χ3v) is 11.6. The number of imide groups is 1. The Morgan fingerprint density at radius 1 is 0.962 bits per heavy atom. The first-order chi connectivity index (χ1) is 25.4. The highest BCUT2D eigenvalue weighted by Gasteiger charge is 2.33. The van der Waals surface area contributed by atoms with Gasteiger partial charge in [-0.25, -0.2) is 9.50 Å². The molecule has 3 aliphatic rings. The average molecular weight is 716 g/mol. The number of amides is 3. The van der Waals surface area contributed by atoms with Crippen molar-refractivity contribution >= 4 is 46.1 Å². The number of piperazine rings is 1. The summed E-state index contributed by atoms with van der Waals surface area (Å²) in [5.41, 5.74) is 5.47. The van der Waals surface area contributed by atoms with Crippen LogP contribution in [-0.2, 0) is 14.4 Å². The number of hydrogen-bond donors (Lipinski definition) is 2. The first-order valence-corrected chi connectivity index (χ1v) is 18.4. The molecule has 5 aromatic heterocycles. The van der Waals surface area contributed by atoms with E-state index in [1.54, 1.807) is 34.3 Å². The summed E-state index contributed by atoms with van der Waals surface area (Å²) >= 11 is 1.59. The first kappa shape index (κ1) is 33.4. The molecule has 7 heterocycles. The number of nitrogens with zero attached hydrogens (tertiary/aromatic N) is 9. The van der Waals surface area contributed by atoms with Gasteiger partial charge in [-0.3, -0.25) is 24.7 Å². The van der Waals surface area contributed by atoms with Gasteiger partial charge in [-0.15, -0.1) is 10.2 Å². The van der Waals surface area contributed by atoms with Crippen LogP contribution in [0.4, 0.5) is 11.5 Å². The fourth-order valence-electron chi connectivity index (χ4n) is 7.54. The van der Waals surface area contributed by atoms with Crippen molar-refractivity contribution in [2.24, 2.45) is 5.92 Å². The van der Waals surface area contributed by atoms with E-state index in [1.807, 2.05) is 48.5 Å². The van der Waals surface area contributed by atoms with Crippen molar-refractivity contribution in [3.63, 3.8) is 0 Å². The van der Waals surface area contributed by atoms with Crippen LogP contribution >= 0.6 is 11.3 Å². The average Bonchev–Trinajstić information content (AvgIpc) is 3.86. The maximum Gasteiger partial charge on any atom is 0.234 e. The second-order valence-electron chi connectivity index (χ2n) is 13.5. The topological polar surface area (TPSA) is 174 Å². The minimum Gasteiger partial charge on any atom is -0.387 e. The van der Waals surface area contributed by atoms with Crippen molar-refractivity contribution in [2.45, 2.75) is 50.4 Å². The molecule has 15 heteroatoms. The van der Waals surface area contributed by atoms with Crippen LogP contribution in [0, 0.1) is 17.2 Å². The van der Waals surface area contributed by atoms with Crippen LogP contribution < -0.4 is 15.5 Å².